The molecule has 3 N–H and O–H groups in total. The minimum atomic E-state index is -0.744. The molecule has 4 nitrogen and oxygen atoms in total. The molecular formula is C15H22N2O2. The van der Waals surface area contributed by atoms with Crippen LogP contribution in [0.2, 0.25) is 0 Å². The highest BCUT2D eigenvalue weighted by Gasteiger charge is 2.26. The third-order valence-electron chi connectivity index (χ3n) is 3.75. The minimum Gasteiger partial charge on any atom is -0.481 e. The molecule has 0 aromatic heterocycles. The fourth-order valence-electron chi connectivity index (χ4n) is 2.75. The molecule has 0 amide bonds. The predicted octanol–water partition coefficient (Wildman–Crippen LogP) is 1.59. The van der Waals surface area contributed by atoms with Crippen molar-refractivity contribution >= 4 is 5.97 Å². The highest BCUT2D eigenvalue weighted by atomic mass is 16.4. The highest BCUT2D eigenvalue weighted by molar-refractivity contribution is 5.66. The molecule has 4 heteroatoms. The largest absolute Gasteiger partial charge is 0.481 e. The summed E-state index contributed by atoms with van der Waals surface area (Å²) in [5.74, 6) is -0.329. The van der Waals surface area contributed by atoms with E-state index < -0.39 is 5.97 Å². The Balaban J connectivity index is 2.00. The van der Waals surface area contributed by atoms with E-state index in [9.17, 15) is 4.79 Å². The van der Waals surface area contributed by atoms with E-state index >= 15 is 0 Å². The van der Waals surface area contributed by atoms with Gasteiger partial charge in [0.2, 0.25) is 0 Å². The summed E-state index contributed by atoms with van der Waals surface area (Å²) in [5.41, 5.74) is 8.66. The Bertz CT molecular complexity index is 430. The molecule has 19 heavy (non-hydrogen) atoms. The summed E-state index contributed by atoms with van der Waals surface area (Å²) in [7, 11) is 0. The number of nitrogens with two attached hydrogens (primary N) is 1. The van der Waals surface area contributed by atoms with Gasteiger partial charge in [-0.25, -0.2) is 0 Å². The zero-order chi connectivity index (χ0) is 13.8. The van der Waals surface area contributed by atoms with E-state index in [-0.39, 0.29) is 12.5 Å². The second-order valence-electron chi connectivity index (χ2n) is 5.51. The van der Waals surface area contributed by atoms with Gasteiger partial charge in [-0.2, -0.15) is 0 Å². The average molecular weight is 262 g/mol. The molecule has 1 aromatic carbocycles. The lowest BCUT2D eigenvalue weighted by Crippen LogP contribution is -2.46. The summed E-state index contributed by atoms with van der Waals surface area (Å²) in [5, 5.41) is 8.77. The highest BCUT2D eigenvalue weighted by Crippen LogP contribution is 2.26. The number of carbonyl (C=O) groups is 1. The number of carboxylic acids is 1. The molecule has 2 rings (SSSR count). The molecule has 0 radical (unpaired) electrons. The maximum Gasteiger partial charge on any atom is 0.304 e. The summed E-state index contributed by atoms with van der Waals surface area (Å²) in [6.07, 6.45) is 1.17. The van der Waals surface area contributed by atoms with Crippen LogP contribution in [0.15, 0.2) is 24.3 Å². The number of aliphatic carboxylic acids is 1. The predicted molar refractivity (Wildman–Crippen MR) is 75.2 cm³/mol. The van der Waals surface area contributed by atoms with Crippen LogP contribution in [0.25, 0.3) is 0 Å². The number of likely N-dealkylation sites (tertiary alicyclic amines) is 1. The van der Waals surface area contributed by atoms with Crippen molar-refractivity contribution in [1.82, 2.24) is 4.90 Å². The fourth-order valence-corrected chi connectivity index (χ4v) is 2.75. The Morgan fingerprint density at radius 1 is 1.37 bits per heavy atom. The molecule has 1 heterocycles. The Morgan fingerprint density at radius 2 is 2.05 bits per heavy atom. The van der Waals surface area contributed by atoms with E-state index in [0.717, 1.165) is 19.5 Å². The molecule has 1 fully saturated rings. The van der Waals surface area contributed by atoms with Crippen LogP contribution in [0.3, 0.4) is 0 Å². The SMILES string of the molecule is Cc1ccc(C2CC(N)CN(CCC(=O)O)C2)cc1. The molecule has 1 aromatic rings. The first-order valence-corrected chi connectivity index (χ1v) is 6.81. The van der Waals surface area contributed by atoms with Gasteiger partial charge in [0.1, 0.15) is 0 Å². The standard InChI is InChI=1S/C15H22N2O2/c1-11-2-4-12(5-3-11)13-8-14(16)10-17(9-13)7-6-15(18)19/h2-5,13-14H,6-10,16H2,1H3,(H,18,19). The third-order valence-corrected chi connectivity index (χ3v) is 3.75. The van der Waals surface area contributed by atoms with E-state index in [2.05, 4.69) is 36.1 Å². The average Bonchev–Trinajstić information content (AvgIpc) is 2.36. The second-order valence-corrected chi connectivity index (χ2v) is 5.51. The van der Waals surface area contributed by atoms with Crippen molar-refractivity contribution < 1.29 is 9.90 Å². The summed E-state index contributed by atoms with van der Waals surface area (Å²) in [6.45, 7) is 4.38. The molecule has 0 saturated carbocycles. The first kappa shape index (κ1) is 14.0. The number of carboxylic acid groups (broad SMARTS) is 1. The van der Waals surface area contributed by atoms with E-state index in [4.69, 9.17) is 10.8 Å². The minimum absolute atomic E-state index is 0.133. The van der Waals surface area contributed by atoms with Crippen LogP contribution >= 0.6 is 0 Å². The van der Waals surface area contributed by atoms with Crippen molar-refractivity contribution in [2.45, 2.75) is 31.7 Å². The lowest BCUT2D eigenvalue weighted by molar-refractivity contribution is -0.137. The van der Waals surface area contributed by atoms with Crippen LogP contribution in [0.1, 0.15) is 29.9 Å². The van der Waals surface area contributed by atoms with Gasteiger partial charge in [0.05, 0.1) is 6.42 Å². The first-order valence-electron chi connectivity index (χ1n) is 6.81. The Hall–Kier alpha value is -1.39. The van der Waals surface area contributed by atoms with E-state index in [1.165, 1.54) is 11.1 Å². The molecule has 0 bridgehead atoms. The Kier molecular flexibility index (Phi) is 4.56. The maximum absolute atomic E-state index is 10.7. The van der Waals surface area contributed by atoms with E-state index in [1.54, 1.807) is 0 Å². The van der Waals surface area contributed by atoms with Gasteiger partial charge in [0.25, 0.3) is 0 Å². The van der Waals surface area contributed by atoms with Crippen LogP contribution < -0.4 is 5.73 Å². The van der Waals surface area contributed by atoms with E-state index in [0.29, 0.717) is 12.5 Å². The van der Waals surface area contributed by atoms with Gasteiger partial charge < -0.3 is 15.7 Å². The van der Waals surface area contributed by atoms with Crippen LogP contribution in [0.5, 0.6) is 0 Å². The number of rotatable bonds is 4. The molecule has 104 valence electrons. The van der Waals surface area contributed by atoms with E-state index in [1.807, 2.05) is 0 Å². The van der Waals surface area contributed by atoms with Crippen LogP contribution in [-0.4, -0.2) is 41.7 Å². The van der Waals surface area contributed by atoms with Gasteiger partial charge in [0, 0.05) is 25.7 Å². The Morgan fingerprint density at radius 3 is 2.68 bits per heavy atom. The number of benzene rings is 1. The van der Waals surface area contributed by atoms with Gasteiger partial charge in [0.15, 0.2) is 0 Å². The molecule has 1 saturated heterocycles. The van der Waals surface area contributed by atoms with Crippen molar-refractivity contribution in [1.29, 1.82) is 0 Å². The molecule has 2 atom stereocenters. The smallest absolute Gasteiger partial charge is 0.304 e. The zero-order valence-corrected chi connectivity index (χ0v) is 11.4. The second kappa shape index (κ2) is 6.17. The van der Waals surface area contributed by atoms with Crippen molar-refractivity contribution in [3.63, 3.8) is 0 Å². The van der Waals surface area contributed by atoms with Crippen molar-refractivity contribution in [3.05, 3.63) is 35.4 Å². The summed E-state index contributed by atoms with van der Waals surface area (Å²) in [6, 6.07) is 8.70. The molecule has 2 unspecified atom stereocenters. The molecular weight excluding hydrogens is 240 g/mol. The van der Waals surface area contributed by atoms with Crippen molar-refractivity contribution in [3.8, 4) is 0 Å². The van der Waals surface area contributed by atoms with Crippen molar-refractivity contribution in [2.75, 3.05) is 19.6 Å². The first-order chi connectivity index (χ1) is 9.04. The van der Waals surface area contributed by atoms with Gasteiger partial charge >= 0.3 is 5.97 Å². The molecule has 1 aliphatic heterocycles. The number of piperidine rings is 1. The molecule has 0 spiro atoms. The topological polar surface area (TPSA) is 66.6 Å². The van der Waals surface area contributed by atoms with Crippen LogP contribution in [-0.2, 0) is 4.79 Å². The lowest BCUT2D eigenvalue weighted by Gasteiger charge is -2.36. The van der Waals surface area contributed by atoms with Gasteiger partial charge in [-0.3, -0.25) is 4.79 Å². The third kappa shape index (κ3) is 4.04. The number of nitrogens with zero attached hydrogens (tertiary/aromatic N) is 1. The lowest BCUT2D eigenvalue weighted by atomic mass is 9.88. The van der Waals surface area contributed by atoms with Crippen LogP contribution in [0, 0.1) is 6.92 Å². The Labute approximate surface area is 114 Å². The molecule has 1 aliphatic rings. The van der Waals surface area contributed by atoms with Gasteiger partial charge in [-0.1, -0.05) is 29.8 Å². The monoisotopic (exact) mass is 262 g/mol. The fraction of sp³-hybridized carbons (Fsp3) is 0.533. The summed E-state index contributed by atoms with van der Waals surface area (Å²) in [4.78, 5) is 12.8. The number of hydrogen-bond donors (Lipinski definition) is 2. The maximum atomic E-state index is 10.7. The number of aryl methyl sites for hydroxylation is 1. The summed E-state index contributed by atoms with van der Waals surface area (Å²) < 4.78 is 0. The zero-order valence-electron chi connectivity index (χ0n) is 11.4. The quantitative estimate of drug-likeness (QED) is 0.864. The van der Waals surface area contributed by atoms with Crippen LogP contribution in [0.4, 0.5) is 0 Å². The van der Waals surface area contributed by atoms with Crippen molar-refractivity contribution in [2.24, 2.45) is 5.73 Å². The van der Waals surface area contributed by atoms with Gasteiger partial charge in [-0.05, 0) is 24.8 Å². The normalized spacial score (nSPS) is 24.3. The summed E-state index contributed by atoms with van der Waals surface area (Å²) >= 11 is 0. The number of hydrogen-bond acceptors (Lipinski definition) is 3. The van der Waals surface area contributed by atoms with Gasteiger partial charge in [-0.15, -0.1) is 0 Å². The molecule has 0 aliphatic carbocycles.